The second-order valence-corrected chi connectivity index (χ2v) is 10.3. The van der Waals surface area contributed by atoms with Crippen molar-refractivity contribution in [1.82, 2.24) is 0 Å². The highest BCUT2D eigenvalue weighted by molar-refractivity contribution is 5.73. The van der Waals surface area contributed by atoms with E-state index in [2.05, 4.69) is 25.1 Å². The summed E-state index contributed by atoms with van der Waals surface area (Å²) < 4.78 is 5.11. The smallest absolute Gasteiger partial charge is 0.309 e. The van der Waals surface area contributed by atoms with Gasteiger partial charge >= 0.3 is 5.97 Å². The van der Waals surface area contributed by atoms with Gasteiger partial charge in [0.2, 0.25) is 0 Å². The lowest BCUT2D eigenvalue weighted by atomic mass is 9.87. The zero-order chi connectivity index (χ0) is 23.3. The standard InChI is InChI=1S/C27H44O4/c1-22-16-17-23(14-10-6-8-12-18-26(2,3)25(29)30)20-24(22)15-11-7-9-13-19-27(4,5)31-21-28/h16-17,20-21H,6-15,18-19H2,1-5H3,(H,29,30). The minimum Gasteiger partial charge on any atom is -0.481 e. The molecule has 0 atom stereocenters. The molecular formula is C27H44O4. The number of hydrogen-bond acceptors (Lipinski definition) is 3. The summed E-state index contributed by atoms with van der Waals surface area (Å²) >= 11 is 0. The summed E-state index contributed by atoms with van der Waals surface area (Å²) in [4.78, 5) is 21.7. The number of benzene rings is 1. The number of carboxylic acids is 1. The number of aliphatic carboxylic acids is 1. The van der Waals surface area contributed by atoms with Gasteiger partial charge in [0.1, 0.15) is 5.60 Å². The first-order valence-electron chi connectivity index (χ1n) is 12.0. The number of ether oxygens (including phenoxy) is 1. The average molecular weight is 433 g/mol. The molecule has 1 aromatic rings. The van der Waals surface area contributed by atoms with Gasteiger partial charge in [0.05, 0.1) is 5.41 Å². The molecule has 0 unspecified atom stereocenters. The largest absolute Gasteiger partial charge is 0.481 e. The lowest BCUT2D eigenvalue weighted by molar-refractivity contribution is -0.147. The van der Waals surface area contributed by atoms with Crippen LogP contribution in [-0.4, -0.2) is 23.1 Å². The van der Waals surface area contributed by atoms with Crippen LogP contribution in [0.1, 0.15) is 109 Å². The summed E-state index contributed by atoms with van der Waals surface area (Å²) in [5, 5.41) is 9.18. The van der Waals surface area contributed by atoms with Crippen LogP contribution >= 0.6 is 0 Å². The molecule has 0 spiro atoms. The Bertz CT molecular complexity index is 676. The van der Waals surface area contributed by atoms with Crippen LogP contribution in [0.25, 0.3) is 0 Å². The molecular weight excluding hydrogens is 388 g/mol. The zero-order valence-corrected chi connectivity index (χ0v) is 20.5. The van der Waals surface area contributed by atoms with Gasteiger partial charge in [0, 0.05) is 0 Å². The molecule has 0 saturated heterocycles. The summed E-state index contributed by atoms with van der Waals surface area (Å²) in [5.41, 5.74) is 3.30. The van der Waals surface area contributed by atoms with Crippen molar-refractivity contribution in [2.75, 3.05) is 0 Å². The van der Waals surface area contributed by atoms with Crippen LogP contribution < -0.4 is 0 Å². The number of rotatable bonds is 17. The average Bonchev–Trinajstić information content (AvgIpc) is 2.69. The van der Waals surface area contributed by atoms with Crippen LogP contribution in [0.2, 0.25) is 0 Å². The van der Waals surface area contributed by atoms with Gasteiger partial charge in [0.25, 0.3) is 6.47 Å². The Balaban J connectivity index is 2.27. The Morgan fingerprint density at radius 2 is 1.48 bits per heavy atom. The second kappa shape index (κ2) is 13.5. The predicted octanol–water partition coefficient (Wildman–Crippen LogP) is 7.04. The quantitative estimate of drug-likeness (QED) is 0.212. The molecule has 31 heavy (non-hydrogen) atoms. The van der Waals surface area contributed by atoms with Gasteiger partial charge in [-0.2, -0.15) is 0 Å². The fraction of sp³-hybridized carbons (Fsp3) is 0.704. The topological polar surface area (TPSA) is 63.6 Å². The first-order valence-corrected chi connectivity index (χ1v) is 12.0. The van der Waals surface area contributed by atoms with Crippen molar-refractivity contribution in [3.05, 3.63) is 34.9 Å². The van der Waals surface area contributed by atoms with Crippen molar-refractivity contribution >= 4 is 12.4 Å². The van der Waals surface area contributed by atoms with Gasteiger partial charge < -0.3 is 9.84 Å². The molecule has 0 bridgehead atoms. The summed E-state index contributed by atoms with van der Waals surface area (Å²) in [7, 11) is 0. The molecule has 0 aromatic heterocycles. The Morgan fingerprint density at radius 1 is 0.903 bits per heavy atom. The molecule has 1 aromatic carbocycles. The van der Waals surface area contributed by atoms with Crippen molar-refractivity contribution in [2.45, 2.75) is 117 Å². The van der Waals surface area contributed by atoms with Crippen LogP contribution in [0.5, 0.6) is 0 Å². The molecule has 4 nitrogen and oxygen atoms in total. The lowest BCUT2D eigenvalue weighted by Crippen LogP contribution is -2.23. The highest BCUT2D eigenvalue weighted by atomic mass is 16.5. The first-order chi connectivity index (χ1) is 14.6. The third-order valence-corrected chi connectivity index (χ3v) is 6.35. The highest BCUT2D eigenvalue weighted by Crippen LogP contribution is 2.24. The van der Waals surface area contributed by atoms with Crippen molar-refractivity contribution in [3.63, 3.8) is 0 Å². The minimum atomic E-state index is -0.699. The first kappa shape index (κ1) is 27.2. The van der Waals surface area contributed by atoms with Crippen LogP contribution in [0, 0.1) is 12.3 Å². The van der Waals surface area contributed by atoms with Crippen molar-refractivity contribution in [2.24, 2.45) is 5.41 Å². The highest BCUT2D eigenvalue weighted by Gasteiger charge is 2.25. The van der Waals surface area contributed by atoms with Crippen molar-refractivity contribution < 1.29 is 19.4 Å². The van der Waals surface area contributed by atoms with Crippen LogP contribution in [0.3, 0.4) is 0 Å². The molecule has 0 saturated carbocycles. The fourth-order valence-electron chi connectivity index (χ4n) is 3.92. The molecule has 0 fully saturated rings. The van der Waals surface area contributed by atoms with Gasteiger partial charge in [-0.3, -0.25) is 9.59 Å². The van der Waals surface area contributed by atoms with Crippen molar-refractivity contribution in [3.8, 4) is 0 Å². The van der Waals surface area contributed by atoms with E-state index in [1.165, 1.54) is 36.0 Å². The van der Waals surface area contributed by atoms with E-state index in [9.17, 15) is 14.7 Å². The Kier molecular flexibility index (Phi) is 11.9. The third-order valence-electron chi connectivity index (χ3n) is 6.35. The van der Waals surface area contributed by atoms with Crippen LogP contribution in [0.4, 0.5) is 0 Å². The molecule has 4 heteroatoms. The zero-order valence-electron chi connectivity index (χ0n) is 20.5. The molecule has 0 aliphatic heterocycles. The monoisotopic (exact) mass is 432 g/mol. The Morgan fingerprint density at radius 3 is 2.10 bits per heavy atom. The Hall–Kier alpha value is -1.84. The Labute approximate surface area is 189 Å². The number of carbonyl (C=O) groups excluding carboxylic acids is 1. The third kappa shape index (κ3) is 11.4. The van der Waals surface area contributed by atoms with Gasteiger partial charge in [-0.05, 0) is 96.3 Å². The van der Waals surface area contributed by atoms with E-state index in [0.717, 1.165) is 57.8 Å². The number of hydrogen-bond donors (Lipinski definition) is 1. The van der Waals surface area contributed by atoms with E-state index in [0.29, 0.717) is 6.47 Å². The normalized spacial score (nSPS) is 12.0. The minimum absolute atomic E-state index is 0.348. The van der Waals surface area contributed by atoms with Crippen molar-refractivity contribution in [1.29, 1.82) is 0 Å². The van der Waals surface area contributed by atoms with Gasteiger partial charge in [-0.1, -0.05) is 50.3 Å². The van der Waals surface area contributed by atoms with E-state index < -0.39 is 11.4 Å². The summed E-state index contributed by atoms with van der Waals surface area (Å²) in [5.74, 6) is -0.699. The number of unbranched alkanes of at least 4 members (excludes halogenated alkanes) is 6. The predicted molar refractivity (Wildman–Crippen MR) is 127 cm³/mol. The van der Waals surface area contributed by atoms with E-state index in [1.54, 1.807) is 0 Å². The number of aryl methyl sites for hydroxylation is 3. The van der Waals surface area contributed by atoms with E-state index >= 15 is 0 Å². The maximum absolute atomic E-state index is 11.2. The van der Waals surface area contributed by atoms with Crippen LogP contribution in [0.15, 0.2) is 18.2 Å². The molecule has 0 aliphatic carbocycles. The lowest BCUT2D eigenvalue weighted by Gasteiger charge is -2.22. The SMILES string of the molecule is Cc1ccc(CCCCCCC(C)(C)C(=O)O)cc1CCCCCCC(C)(C)OC=O. The molecule has 176 valence electrons. The molecule has 1 rings (SSSR count). The fourth-order valence-corrected chi connectivity index (χ4v) is 3.92. The van der Waals surface area contributed by atoms with Gasteiger partial charge in [0.15, 0.2) is 0 Å². The van der Waals surface area contributed by atoms with Gasteiger partial charge in [-0.25, -0.2) is 0 Å². The van der Waals surface area contributed by atoms with E-state index in [4.69, 9.17) is 4.74 Å². The van der Waals surface area contributed by atoms with E-state index in [-0.39, 0.29) is 5.60 Å². The van der Waals surface area contributed by atoms with E-state index in [1.807, 2.05) is 27.7 Å². The van der Waals surface area contributed by atoms with Crippen LogP contribution in [-0.2, 0) is 27.2 Å². The van der Waals surface area contributed by atoms with Gasteiger partial charge in [-0.15, -0.1) is 0 Å². The number of carbonyl (C=O) groups is 2. The molecule has 0 heterocycles. The summed E-state index contributed by atoms with van der Waals surface area (Å²) in [6.07, 6.45) is 12.9. The summed E-state index contributed by atoms with van der Waals surface area (Å²) in [6.45, 7) is 10.3. The molecule has 0 amide bonds. The number of carboxylic acid groups (broad SMARTS) is 1. The molecule has 0 aliphatic rings. The maximum Gasteiger partial charge on any atom is 0.309 e. The molecule has 1 N–H and O–H groups in total. The molecule has 0 radical (unpaired) electrons. The summed E-state index contributed by atoms with van der Waals surface area (Å²) in [6, 6.07) is 6.88. The maximum atomic E-state index is 11.2. The second-order valence-electron chi connectivity index (χ2n) is 10.3.